The van der Waals surface area contributed by atoms with Crippen molar-refractivity contribution in [1.82, 2.24) is 5.32 Å². The van der Waals surface area contributed by atoms with E-state index in [-0.39, 0.29) is 24.7 Å². The maximum Gasteiger partial charge on any atom is 0.250 e. The number of carbonyl (C=O) groups is 3. The zero-order valence-corrected chi connectivity index (χ0v) is 19.1. The molecule has 2 aliphatic rings. The van der Waals surface area contributed by atoms with E-state index in [1.165, 1.54) is 14.2 Å². The Balaban J connectivity index is 1.75. The Bertz CT molecular complexity index is 1110. The van der Waals surface area contributed by atoms with E-state index in [2.05, 4.69) is 31.9 Å². The molecule has 2 aliphatic heterocycles. The molecule has 4 rings (SSSR count). The summed E-state index contributed by atoms with van der Waals surface area (Å²) in [5.41, 5.74) is 5.74. The van der Waals surface area contributed by atoms with Crippen molar-refractivity contribution in [3.05, 3.63) is 46.4 Å². The summed E-state index contributed by atoms with van der Waals surface area (Å²) in [5.74, 6) is -1.07. The number of methoxy groups -OCH3 is 2. The minimum absolute atomic E-state index is 0.00459. The number of benzene rings is 2. The van der Waals surface area contributed by atoms with E-state index in [0.29, 0.717) is 28.4 Å². The second-order valence-corrected chi connectivity index (χ2v) is 8.72. The number of carbonyl (C=O) groups excluding carboxylic acids is 3. The molecule has 0 radical (unpaired) electrons. The van der Waals surface area contributed by atoms with Crippen LogP contribution in [0.1, 0.15) is 18.4 Å². The van der Waals surface area contributed by atoms with Gasteiger partial charge in [-0.25, -0.2) is 0 Å². The highest BCUT2D eigenvalue weighted by molar-refractivity contribution is 9.10. The highest BCUT2D eigenvalue weighted by Gasteiger charge is 2.60. The Kier molecular flexibility index (Phi) is 5.83. The first kappa shape index (κ1) is 22.1. The average molecular weight is 503 g/mol. The maximum absolute atomic E-state index is 13.6. The number of primary amides is 1. The number of nitrogens with one attached hydrogen (secondary N) is 3. The van der Waals surface area contributed by atoms with E-state index in [0.717, 1.165) is 4.47 Å². The second-order valence-electron chi connectivity index (χ2n) is 7.81. The Morgan fingerprint density at radius 3 is 2.69 bits per heavy atom. The van der Waals surface area contributed by atoms with Gasteiger partial charge in [0.25, 0.3) is 0 Å². The summed E-state index contributed by atoms with van der Waals surface area (Å²) in [5, 5.41) is 8.98. The predicted octanol–water partition coefficient (Wildman–Crippen LogP) is 2.11. The molecule has 3 unspecified atom stereocenters. The molecule has 3 atom stereocenters. The zero-order valence-electron chi connectivity index (χ0n) is 17.5. The smallest absolute Gasteiger partial charge is 0.250 e. The lowest BCUT2D eigenvalue weighted by Gasteiger charge is -2.29. The first-order chi connectivity index (χ1) is 15.3. The van der Waals surface area contributed by atoms with Crippen molar-refractivity contribution in [2.75, 3.05) is 24.9 Å². The van der Waals surface area contributed by atoms with Gasteiger partial charge in [0.1, 0.15) is 17.0 Å². The van der Waals surface area contributed by atoms with Crippen molar-refractivity contribution < 1.29 is 23.9 Å². The summed E-state index contributed by atoms with van der Waals surface area (Å²) in [6.45, 7) is 0. The molecule has 5 N–H and O–H groups in total. The van der Waals surface area contributed by atoms with Gasteiger partial charge in [-0.2, -0.15) is 0 Å². The van der Waals surface area contributed by atoms with E-state index in [1.54, 1.807) is 30.3 Å². The minimum Gasteiger partial charge on any atom is -0.497 e. The van der Waals surface area contributed by atoms with Crippen LogP contribution in [0, 0.1) is 5.92 Å². The summed E-state index contributed by atoms with van der Waals surface area (Å²) in [4.78, 5) is 38.4. The molecule has 3 amide bonds. The van der Waals surface area contributed by atoms with Crippen LogP contribution in [0.2, 0.25) is 0 Å². The topological polar surface area (TPSA) is 132 Å². The van der Waals surface area contributed by atoms with E-state index in [4.69, 9.17) is 15.2 Å². The summed E-state index contributed by atoms with van der Waals surface area (Å²) >= 11 is 3.44. The van der Waals surface area contributed by atoms with Gasteiger partial charge in [-0.3, -0.25) is 19.7 Å². The van der Waals surface area contributed by atoms with Gasteiger partial charge in [-0.1, -0.05) is 15.9 Å². The van der Waals surface area contributed by atoms with Crippen LogP contribution in [-0.4, -0.2) is 38.0 Å². The molecule has 9 nitrogen and oxygen atoms in total. The average Bonchev–Trinajstić information content (AvgIpc) is 3.26. The van der Waals surface area contributed by atoms with Crippen LogP contribution >= 0.6 is 15.9 Å². The highest BCUT2D eigenvalue weighted by Crippen LogP contribution is 2.48. The molecule has 0 aromatic heterocycles. The van der Waals surface area contributed by atoms with E-state index in [1.807, 2.05) is 6.07 Å². The molecule has 2 aromatic rings. The molecule has 2 aromatic carbocycles. The van der Waals surface area contributed by atoms with Crippen molar-refractivity contribution >= 4 is 45.0 Å². The third-order valence-electron chi connectivity index (χ3n) is 5.92. The summed E-state index contributed by atoms with van der Waals surface area (Å²) in [6.07, 6.45) is 0.255. The van der Waals surface area contributed by atoms with Gasteiger partial charge in [-0.05, 0) is 36.8 Å². The second kappa shape index (κ2) is 8.44. The van der Waals surface area contributed by atoms with E-state index < -0.39 is 23.4 Å². The number of fused-ring (bicyclic) bond motifs is 2. The molecular weight excluding hydrogens is 480 g/mol. The maximum atomic E-state index is 13.6. The van der Waals surface area contributed by atoms with Crippen LogP contribution in [-0.2, 0) is 19.9 Å². The molecule has 10 heteroatoms. The largest absolute Gasteiger partial charge is 0.497 e. The van der Waals surface area contributed by atoms with E-state index in [9.17, 15) is 14.4 Å². The molecule has 1 fully saturated rings. The molecule has 1 saturated heterocycles. The fourth-order valence-corrected chi connectivity index (χ4v) is 4.90. The van der Waals surface area contributed by atoms with Crippen molar-refractivity contribution in [2.24, 2.45) is 11.7 Å². The molecular formula is C22H23BrN4O5. The van der Waals surface area contributed by atoms with Crippen LogP contribution in [0.25, 0.3) is 0 Å². The minimum atomic E-state index is -1.34. The normalized spacial score (nSPS) is 23.5. The first-order valence-corrected chi connectivity index (χ1v) is 10.8. The quantitative estimate of drug-likeness (QED) is 0.478. The number of hydrogen-bond donors (Lipinski definition) is 4. The van der Waals surface area contributed by atoms with Crippen molar-refractivity contribution in [3.8, 4) is 11.5 Å². The SMILES string of the molecule is COc1ccc(OC)c(NC(=O)C2CC(CC(N)=O)NC23C(=O)Nc2ccc(Br)cc23)c1. The van der Waals surface area contributed by atoms with Crippen molar-refractivity contribution in [2.45, 2.75) is 24.4 Å². The van der Waals surface area contributed by atoms with Gasteiger partial charge in [0.15, 0.2) is 0 Å². The lowest BCUT2D eigenvalue weighted by atomic mass is 9.79. The number of amides is 3. The highest BCUT2D eigenvalue weighted by atomic mass is 79.9. The Morgan fingerprint density at radius 2 is 2.00 bits per heavy atom. The van der Waals surface area contributed by atoms with E-state index >= 15 is 0 Å². The molecule has 32 heavy (non-hydrogen) atoms. The van der Waals surface area contributed by atoms with Gasteiger partial charge in [-0.15, -0.1) is 0 Å². The fourth-order valence-electron chi connectivity index (χ4n) is 4.54. The Morgan fingerprint density at radius 1 is 1.22 bits per heavy atom. The third kappa shape index (κ3) is 3.69. The van der Waals surface area contributed by atoms with Crippen LogP contribution < -0.4 is 31.2 Å². The lowest BCUT2D eigenvalue weighted by Crippen LogP contribution is -2.52. The summed E-state index contributed by atoms with van der Waals surface area (Å²) in [6, 6.07) is 9.99. The third-order valence-corrected chi connectivity index (χ3v) is 6.41. The van der Waals surface area contributed by atoms with Gasteiger partial charge in [0.05, 0.1) is 25.8 Å². The van der Waals surface area contributed by atoms with Crippen LogP contribution in [0.4, 0.5) is 11.4 Å². The Hall–Kier alpha value is -3.11. The zero-order chi connectivity index (χ0) is 23.0. The lowest BCUT2D eigenvalue weighted by molar-refractivity contribution is -0.130. The number of hydrogen-bond acceptors (Lipinski definition) is 6. The molecule has 0 bridgehead atoms. The first-order valence-electron chi connectivity index (χ1n) is 9.99. The van der Waals surface area contributed by atoms with Gasteiger partial charge < -0.3 is 25.8 Å². The van der Waals surface area contributed by atoms with Crippen molar-refractivity contribution in [1.29, 1.82) is 0 Å². The number of ether oxygens (including phenoxy) is 2. The van der Waals surface area contributed by atoms with Gasteiger partial charge in [0, 0.05) is 34.3 Å². The number of nitrogens with two attached hydrogens (primary N) is 1. The van der Waals surface area contributed by atoms with Crippen LogP contribution in [0.5, 0.6) is 11.5 Å². The molecule has 168 valence electrons. The summed E-state index contributed by atoms with van der Waals surface area (Å²) < 4.78 is 11.4. The summed E-state index contributed by atoms with van der Waals surface area (Å²) in [7, 11) is 3.02. The Labute approximate surface area is 193 Å². The fraction of sp³-hybridized carbons (Fsp3) is 0.318. The number of rotatable bonds is 6. The molecule has 2 heterocycles. The molecule has 0 aliphatic carbocycles. The number of anilines is 2. The molecule has 0 saturated carbocycles. The van der Waals surface area contributed by atoms with Crippen LogP contribution in [0.3, 0.4) is 0 Å². The van der Waals surface area contributed by atoms with Crippen LogP contribution in [0.15, 0.2) is 40.9 Å². The van der Waals surface area contributed by atoms with Crippen molar-refractivity contribution in [3.63, 3.8) is 0 Å². The standard InChI is InChI=1S/C22H23BrN4O5/c1-31-13-4-6-18(32-2)17(10-13)25-20(29)15-8-12(9-19(24)28)27-22(15)14-7-11(23)3-5-16(14)26-21(22)30/h3-7,10,12,15,27H,8-9H2,1-2H3,(H2,24,28)(H,25,29)(H,26,30). The van der Waals surface area contributed by atoms with Gasteiger partial charge in [0.2, 0.25) is 17.7 Å². The predicted molar refractivity (Wildman–Crippen MR) is 121 cm³/mol. The monoisotopic (exact) mass is 502 g/mol. The number of halogens is 1. The van der Waals surface area contributed by atoms with Gasteiger partial charge >= 0.3 is 0 Å². The molecule has 1 spiro atoms.